The smallest absolute Gasteiger partial charge is 0.251 e. The molecule has 1 saturated heterocycles. The highest BCUT2D eigenvalue weighted by Crippen LogP contribution is 2.25. The third-order valence-electron chi connectivity index (χ3n) is 3.01. The molecule has 92 valence electrons. The van der Waals surface area contributed by atoms with Crippen LogP contribution in [0.15, 0.2) is 18.2 Å². The maximum absolute atomic E-state index is 12.0. The summed E-state index contributed by atoms with van der Waals surface area (Å²) in [6.07, 6.45) is 0. The van der Waals surface area contributed by atoms with Gasteiger partial charge in [0, 0.05) is 22.5 Å². The molecule has 17 heavy (non-hydrogen) atoms. The summed E-state index contributed by atoms with van der Waals surface area (Å²) in [7, 11) is 0. The number of amides is 1. The zero-order valence-corrected chi connectivity index (χ0v) is 10.8. The first-order chi connectivity index (χ1) is 8.00. The highest BCUT2D eigenvalue weighted by atomic mass is 35.5. The Morgan fingerprint density at radius 2 is 2.24 bits per heavy atom. The van der Waals surface area contributed by atoms with Crippen molar-refractivity contribution in [3.05, 3.63) is 34.3 Å². The minimum absolute atomic E-state index is 0.0488. The van der Waals surface area contributed by atoms with Gasteiger partial charge < -0.3 is 10.1 Å². The van der Waals surface area contributed by atoms with Gasteiger partial charge in [-0.1, -0.05) is 18.5 Å². The van der Waals surface area contributed by atoms with Gasteiger partial charge in [-0.3, -0.25) is 4.79 Å². The minimum atomic E-state index is -0.0488. The third kappa shape index (κ3) is 2.79. The summed E-state index contributed by atoms with van der Waals surface area (Å²) < 4.78 is 5.15. The molecule has 1 aromatic rings. The van der Waals surface area contributed by atoms with E-state index in [-0.39, 0.29) is 11.3 Å². The lowest BCUT2D eigenvalue weighted by Gasteiger charge is -2.38. The molecule has 3 nitrogen and oxygen atoms in total. The van der Waals surface area contributed by atoms with Crippen LogP contribution in [-0.2, 0) is 4.74 Å². The Morgan fingerprint density at radius 1 is 1.53 bits per heavy atom. The van der Waals surface area contributed by atoms with Crippen LogP contribution in [-0.4, -0.2) is 25.7 Å². The van der Waals surface area contributed by atoms with Crippen LogP contribution in [0.25, 0.3) is 0 Å². The fourth-order valence-electron chi connectivity index (χ4n) is 1.82. The van der Waals surface area contributed by atoms with Crippen molar-refractivity contribution in [2.75, 3.05) is 19.8 Å². The van der Waals surface area contributed by atoms with Gasteiger partial charge in [-0.05, 0) is 30.7 Å². The number of rotatable bonds is 3. The van der Waals surface area contributed by atoms with Crippen LogP contribution in [0.4, 0.5) is 0 Å². The lowest BCUT2D eigenvalue weighted by atomic mass is 9.88. The van der Waals surface area contributed by atoms with Crippen molar-refractivity contribution in [3.63, 3.8) is 0 Å². The number of hydrogen-bond donors (Lipinski definition) is 1. The molecule has 1 amide bonds. The molecule has 0 aromatic heterocycles. The molecule has 1 aliphatic rings. The average molecular weight is 254 g/mol. The molecule has 1 heterocycles. The van der Waals surface area contributed by atoms with Crippen molar-refractivity contribution in [2.24, 2.45) is 5.41 Å². The summed E-state index contributed by atoms with van der Waals surface area (Å²) in [5.41, 5.74) is 1.67. The van der Waals surface area contributed by atoms with Gasteiger partial charge in [0.05, 0.1) is 13.2 Å². The van der Waals surface area contributed by atoms with Crippen molar-refractivity contribution >= 4 is 17.5 Å². The molecule has 1 aliphatic heterocycles. The summed E-state index contributed by atoms with van der Waals surface area (Å²) in [6.45, 7) is 6.06. The molecule has 0 saturated carbocycles. The Labute approximate surface area is 106 Å². The lowest BCUT2D eigenvalue weighted by Crippen LogP contribution is -2.48. The second-order valence-corrected chi connectivity index (χ2v) is 5.38. The van der Waals surface area contributed by atoms with Crippen LogP contribution < -0.4 is 5.32 Å². The Kier molecular flexibility index (Phi) is 3.40. The number of hydrogen-bond acceptors (Lipinski definition) is 2. The van der Waals surface area contributed by atoms with Crippen molar-refractivity contribution in [1.82, 2.24) is 5.32 Å². The molecule has 1 N–H and O–H groups in total. The van der Waals surface area contributed by atoms with E-state index in [1.807, 2.05) is 6.92 Å². The van der Waals surface area contributed by atoms with E-state index in [0.717, 1.165) is 5.56 Å². The molecule has 4 heteroatoms. The molecule has 2 rings (SSSR count). The van der Waals surface area contributed by atoms with Gasteiger partial charge in [0.1, 0.15) is 0 Å². The summed E-state index contributed by atoms with van der Waals surface area (Å²) in [5.74, 6) is -0.0488. The van der Waals surface area contributed by atoms with Gasteiger partial charge in [-0.25, -0.2) is 0 Å². The molecular formula is C13H16ClNO2. The maximum atomic E-state index is 12.0. The number of nitrogens with one attached hydrogen (secondary N) is 1. The summed E-state index contributed by atoms with van der Waals surface area (Å²) >= 11 is 5.85. The molecule has 0 unspecified atom stereocenters. The lowest BCUT2D eigenvalue weighted by molar-refractivity contribution is -0.0978. The molecule has 1 aromatic carbocycles. The Bertz CT molecular complexity index is 441. The number of aryl methyl sites for hydroxylation is 1. The monoisotopic (exact) mass is 253 g/mol. The summed E-state index contributed by atoms with van der Waals surface area (Å²) in [4.78, 5) is 12.0. The standard InChI is InChI=1S/C13H16ClNO2/c1-9-5-10(14)3-4-11(9)12(16)15-6-13(2)7-17-8-13/h3-5H,6-8H2,1-2H3,(H,15,16). The average Bonchev–Trinajstić information content (AvgIpc) is 2.23. The van der Waals surface area contributed by atoms with Crippen LogP contribution in [0.1, 0.15) is 22.8 Å². The molecule has 0 atom stereocenters. The van der Waals surface area contributed by atoms with Crippen LogP contribution in [0, 0.1) is 12.3 Å². The minimum Gasteiger partial charge on any atom is -0.380 e. The largest absolute Gasteiger partial charge is 0.380 e. The molecule has 0 spiro atoms. The fourth-order valence-corrected chi connectivity index (χ4v) is 2.05. The molecule has 0 bridgehead atoms. The van der Waals surface area contributed by atoms with Crippen LogP contribution >= 0.6 is 11.6 Å². The quantitative estimate of drug-likeness (QED) is 0.899. The van der Waals surface area contributed by atoms with Crippen molar-refractivity contribution in [1.29, 1.82) is 0 Å². The highest BCUT2D eigenvalue weighted by Gasteiger charge is 2.33. The fraction of sp³-hybridized carbons (Fsp3) is 0.462. The molecular weight excluding hydrogens is 238 g/mol. The van der Waals surface area contributed by atoms with Gasteiger partial charge >= 0.3 is 0 Å². The number of benzene rings is 1. The maximum Gasteiger partial charge on any atom is 0.251 e. The Hall–Kier alpha value is -1.06. The van der Waals surface area contributed by atoms with E-state index >= 15 is 0 Å². The molecule has 0 aliphatic carbocycles. The third-order valence-corrected chi connectivity index (χ3v) is 3.24. The summed E-state index contributed by atoms with van der Waals surface area (Å²) in [5, 5.41) is 3.59. The molecule has 1 fully saturated rings. The van der Waals surface area contributed by atoms with E-state index in [1.165, 1.54) is 0 Å². The van der Waals surface area contributed by atoms with E-state index < -0.39 is 0 Å². The zero-order chi connectivity index (χ0) is 12.5. The van der Waals surface area contributed by atoms with Gasteiger partial charge in [-0.2, -0.15) is 0 Å². The van der Waals surface area contributed by atoms with Gasteiger partial charge in [0.25, 0.3) is 5.91 Å². The molecule has 0 radical (unpaired) electrons. The number of carbonyl (C=O) groups excluding carboxylic acids is 1. The normalized spacial score (nSPS) is 17.4. The van der Waals surface area contributed by atoms with Crippen molar-refractivity contribution in [2.45, 2.75) is 13.8 Å². The van der Waals surface area contributed by atoms with E-state index in [9.17, 15) is 4.79 Å². The predicted octanol–water partition coefficient (Wildman–Crippen LogP) is 2.41. The van der Waals surface area contributed by atoms with Gasteiger partial charge in [0.2, 0.25) is 0 Å². The number of halogens is 1. The predicted molar refractivity (Wildman–Crippen MR) is 67.4 cm³/mol. The van der Waals surface area contributed by atoms with Crippen LogP contribution in [0.2, 0.25) is 5.02 Å². The zero-order valence-electron chi connectivity index (χ0n) is 10.0. The van der Waals surface area contributed by atoms with E-state index in [0.29, 0.717) is 30.3 Å². The SMILES string of the molecule is Cc1cc(Cl)ccc1C(=O)NCC1(C)COC1. The Balaban J connectivity index is 1.99. The topological polar surface area (TPSA) is 38.3 Å². The van der Waals surface area contributed by atoms with Crippen molar-refractivity contribution in [3.8, 4) is 0 Å². The number of ether oxygens (including phenoxy) is 1. The van der Waals surface area contributed by atoms with Crippen LogP contribution in [0.5, 0.6) is 0 Å². The first kappa shape index (κ1) is 12.4. The van der Waals surface area contributed by atoms with E-state index in [1.54, 1.807) is 18.2 Å². The second-order valence-electron chi connectivity index (χ2n) is 4.95. The van der Waals surface area contributed by atoms with Crippen LogP contribution in [0.3, 0.4) is 0 Å². The number of carbonyl (C=O) groups is 1. The first-order valence-electron chi connectivity index (χ1n) is 5.62. The first-order valence-corrected chi connectivity index (χ1v) is 6.00. The second kappa shape index (κ2) is 4.67. The summed E-state index contributed by atoms with van der Waals surface area (Å²) in [6, 6.07) is 5.29. The van der Waals surface area contributed by atoms with Crippen molar-refractivity contribution < 1.29 is 9.53 Å². The van der Waals surface area contributed by atoms with Gasteiger partial charge in [0.15, 0.2) is 0 Å². The Morgan fingerprint density at radius 3 is 2.76 bits per heavy atom. The van der Waals surface area contributed by atoms with Gasteiger partial charge in [-0.15, -0.1) is 0 Å². The van der Waals surface area contributed by atoms with E-state index in [2.05, 4.69) is 12.2 Å². The highest BCUT2D eigenvalue weighted by molar-refractivity contribution is 6.30. The van der Waals surface area contributed by atoms with E-state index in [4.69, 9.17) is 16.3 Å².